The molecule has 0 unspecified atom stereocenters. The summed E-state index contributed by atoms with van der Waals surface area (Å²) in [6, 6.07) is -0.718. The standard InChI is InChI=1S/C6H15NO4S/c7-3(2-12)5(10)6(11)4(9)1-8/h3-6,8-12H,1-2,7H2/t3-,4-,5-,6-/m1/s1. The minimum Gasteiger partial charge on any atom is -0.394 e. The quantitative estimate of drug-likeness (QED) is 0.269. The molecule has 0 saturated carbocycles. The Kier molecular flexibility index (Phi) is 5.81. The maximum atomic E-state index is 9.19. The largest absolute Gasteiger partial charge is 0.394 e. The van der Waals surface area contributed by atoms with Gasteiger partial charge in [0.25, 0.3) is 0 Å². The first kappa shape index (κ1) is 12.2. The number of hydrogen-bond acceptors (Lipinski definition) is 6. The summed E-state index contributed by atoms with van der Waals surface area (Å²) in [7, 11) is 0. The van der Waals surface area contributed by atoms with Crippen molar-refractivity contribution in [3.05, 3.63) is 0 Å². The van der Waals surface area contributed by atoms with Crippen molar-refractivity contribution >= 4 is 12.6 Å². The van der Waals surface area contributed by atoms with Crippen LogP contribution in [0.5, 0.6) is 0 Å². The van der Waals surface area contributed by atoms with Gasteiger partial charge < -0.3 is 26.2 Å². The molecular weight excluding hydrogens is 182 g/mol. The van der Waals surface area contributed by atoms with Gasteiger partial charge in [-0.25, -0.2) is 0 Å². The zero-order valence-electron chi connectivity index (χ0n) is 6.54. The summed E-state index contributed by atoms with van der Waals surface area (Å²) in [6.45, 7) is -0.614. The van der Waals surface area contributed by atoms with Crippen molar-refractivity contribution in [2.75, 3.05) is 12.4 Å². The highest BCUT2D eigenvalue weighted by molar-refractivity contribution is 7.80. The lowest BCUT2D eigenvalue weighted by Gasteiger charge is -2.25. The smallest absolute Gasteiger partial charge is 0.109 e. The van der Waals surface area contributed by atoms with E-state index in [-0.39, 0.29) is 5.75 Å². The number of aliphatic hydroxyl groups excluding tert-OH is 4. The minimum absolute atomic E-state index is 0.191. The highest BCUT2D eigenvalue weighted by Gasteiger charge is 2.27. The zero-order chi connectivity index (χ0) is 9.72. The zero-order valence-corrected chi connectivity index (χ0v) is 7.43. The van der Waals surface area contributed by atoms with Gasteiger partial charge in [-0.1, -0.05) is 0 Å². The molecule has 5 nitrogen and oxygen atoms in total. The molecule has 0 aromatic rings. The highest BCUT2D eigenvalue weighted by atomic mass is 32.1. The summed E-state index contributed by atoms with van der Waals surface area (Å²) < 4.78 is 0. The van der Waals surface area contributed by atoms with E-state index in [4.69, 9.17) is 21.1 Å². The maximum Gasteiger partial charge on any atom is 0.109 e. The Morgan fingerprint density at radius 1 is 1.17 bits per heavy atom. The third kappa shape index (κ3) is 3.26. The van der Waals surface area contributed by atoms with Crippen LogP contribution in [0.3, 0.4) is 0 Å². The van der Waals surface area contributed by atoms with E-state index in [1.165, 1.54) is 0 Å². The van der Waals surface area contributed by atoms with E-state index in [1.807, 2.05) is 0 Å². The molecule has 74 valence electrons. The van der Waals surface area contributed by atoms with Crippen LogP contribution in [-0.4, -0.2) is 57.1 Å². The molecule has 0 radical (unpaired) electrons. The normalized spacial score (nSPS) is 21.5. The molecule has 6 N–H and O–H groups in total. The van der Waals surface area contributed by atoms with Crippen molar-refractivity contribution in [2.24, 2.45) is 5.73 Å². The molecule has 0 fully saturated rings. The van der Waals surface area contributed by atoms with E-state index >= 15 is 0 Å². The molecule has 0 heterocycles. The Labute approximate surface area is 76.2 Å². The lowest BCUT2D eigenvalue weighted by atomic mass is 10.0. The summed E-state index contributed by atoms with van der Waals surface area (Å²) in [5.41, 5.74) is 5.33. The summed E-state index contributed by atoms with van der Waals surface area (Å²) >= 11 is 3.81. The number of aliphatic hydroxyl groups is 4. The van der Waals surface area contributed by atoms with E-state index < -0.39 is 31.0 Å². The average Bonchev–Trinajstić information content (AvgIpc) is 2.12. The second-order valence-corrected chi connectivity index (χ2v) is 2.94. The van der Waals surface area contributed by atoms with Crippen molar-refractivity contribution < 1.29 is 20.4 Å². The fourth-order valence-corrected chi connectivity index (χ4v) is 0.913. The fraction of sp³-hybridized carbons (Fsp3) is 1.00. The van der Waals surface area contributed by atoms with Crippen molar-refractivity contribution in [2.45, 2.75) is 24.4 Å². The lowest BCUT2D eigenvalue weighted by molar-refractivity contribution is -0.0811. The molecule has 0 aliphatic heterocycles. The molecule has 0 aliphatic carbocycles. The lowest BCUT2D eigenvalue weighted by Crippen LogP contribution is -2.50. The molecule has 12 heavy (non-hydrogen) atoms. The summed E-state index contributed by atoms with van der Waals surface area (Å²) in [4.78, 5) is 0. The topological polar surface area (TPSA) is 107 Å². The van der Waals surface area contributed by atoms with Gasteiger partial charge in [0.15, 0.2) is 0 Å². The molecule has 0 aliphatic rings. The van der Waals surface area contributed by atoms with Gasteiger partial charge in [-0.15, -0.1) is 0 Å². The van der Waals surface area contributed by atoms with Crippen molar-refractivity contribution in [3.8, 4) is 0 Å². The van der Waals surface area contributed by atoms with Crippen LogP contribution in [0, 0.1) is 0 Å². The summed E-state index contributed by atoms with van der Waals surface area (Å²) in [5.74, 6) is 0.191. The van der Waals surface area contributed by atoms with Crippen LogP contribution in [0.2, 0.25) is 0 Å². The monoisotopic (exact) mass is 197 g/mol. The van der Waals surface area contributed by atoms with Gasteiger partial charge >= 0.3 is 0 Å². The van der Waals surface area contributed by atoms with Crippen LogP contribution < -0.4 is 5.73 Å². The van der Waals surface area contributed by atoms with Crippen LogP contribution >= 0.6 is 12.6 Å². The van der Waals surface area contributed by atoms with Gasteiger partial charge in [0.05, 0.1) is 12.7 Å². The van der Waals surface area contributed by atoms with Gasteiger partial charge in [-0.2, -0.15) is 12.6 Å². The average molecular weight is 197 g/mol. The number of rotatable bonds is 5. The Balaban J connectivity index is 3.99. The van der Waals surface area contributed by atoms with E-state index in [9.17, 15) is 5.11 Å². The van der Waals surface area contributed by atoms with Gasteiger partial charge in [0.1, 0.15) is 12.2 Å². The Morgan fingerprint density at radius 3 is 2.00 bits per heavy atom. The fourth-order valence-electron chi connectivity index (χ4n) is 0.697. The number of nitrogens with two attached hydrogens (primary N) is 1. The van der Waals surface area contributed by atoms with Gasteiger partial charge in [0.2, 0.25) is 0 Å². The summed E-state index contributed by atoms with van der Waals surface area (Å²) in [6.07, 6.45) is -4.08. The maximum absolute atomic E-state index is 9.19. The third-order valence-corrected chi connectivity index (χ3v) is 2.00. The van der Waals surface area contributed by atoms with Crippen LogP contribution in [0.1, 0.15) is 0 Å². The molecule has 0 amide bonds. The molecule has 0 spiro atoms. The molecule has 0 saturated heterocycles. The molecule has 0 aromatic carbocycles. The molecule has 0 aromatic heterocycles. The molecule has 0 rings (SSSR count). The molecule has 6 heteroatoms. The van der Waals surface area contributed by atoms with Crippen LogP contribution in [0.4, 0.5) is 0 Å². The Hall–Kier alpha value is 0.150. The van der Waals surface area contributed by atoms with E-state index in [1.54, 1.807) is 0 Å². The van der Waals surface area contributed by atoms with E-state index in [0.29, 0.717) is 0 Å². The molecular formula is C6H15NO4S. The third-order valence-electron chi connectivity index (χ3n) is 1.58. The SMILES string of the molecule is N[C@H](CS)[C@@H](O)[C@H](O)[C@H](O)CO. The van der Waals surface area contributed by atoms with E-state index in [2.05, 4.69) is 12.6 Å². The first-order valence-electron chi connectivity index (χ1n) is 3.56. The van der Waals surface area contributed by atoms with Gasteiger partial charge in [-0.05, 0) is 0 Å². The molecule has 4 atom stereocenters. The van der Waals surface area contributed by atoms with Crippen LogP contribution in [0.15, 0.2) is 0 Å². The number of hydrogen-bond donors (Lipinski definition) is 6. The second kappa shape index (κ2) is 5.74. The van der Waals surface area contributed by atoms with Gasteiger partial charge in [0, 0.05) is 11.8 Å². The predicted molar refractivity (Wildman–Crippen MR) is 46.9 cm³/mol. The first-order valence-corrected chi connectivity index (χ1v) is 4.19. The highest BCUT2D eigenvalue weighted by Crippen LogP contribution is 2.04. The minimum atomic E-state index is -1.43. The Morgan fingerprint density at radius 2 is 1.67 bits per heavy atom. The molecule has 0 bridgehead atoms. The Bertz CT molecular complexity index is 112. The number of thiol groups is 1. The summed E-state index contributed by atoms with van der Waals surface area (Å²) in [5, 5.41) is 35.6. The van der Waals surface area contributed by atoms with Crippen molar-refractivity contribution in [3.63, 3.8) is 0 Å². The van der Waals surface area contributed by atoms with Crippen molar-refractivity contribution in [1.29, 1.82) is 0 Å². The van der Waals surface area contributed by atoms with E-state index in [0.717, 1.165) is 0 Å². The van der Waals surface area contributed by atoms with Crippen molar-refractivity contribution in [1.82, 2.24) is 0 Å². The van der Waals surface area contributed by atoms with Gasteiger partial charge in [-0.3, -0.25) is 0 Å². The first-order chi connectivity index (χ1) is 5.54. The van der Waals surface area contributed by atoms with Crippen LogP contribution in [0.25, 0.3) is 0 Å². The predicted octanol–water partition coefficient (Wildman–Crippen LogP) is -2.68. The van der Waals surface area contributed by atoms with Crippen LogP contribution in [-0.2, 0) is 0 Å². The second-order valence-electron chi connectivity index (χ2n) is 2.58.